The van der Waals surface area contributed by atoms with E-state index in [4.69, 9.17) is 4.74 Å². The van der Waals surface area contributed by atoms with Gasteiger partial charge in [-0.05, 0) is 51.9 Å². The van der Waals surface area contributed by atoms with Crippen molar-refractivity contribution >= 4 is 0 Å². The van der Waals surface area contributed by atoms with E-state index in [1.165, 1.54) is 45.2 Å². The van der Waals surface area contributed by atoms with Gasteiger partial charge in [0.15, 0.2) is 0 Å². The molecule has 0 radical (unpaired) electrons. The molecule has 0 spiro atoms. The van der Waals surface area contributed by atoms with E-state index in [0.717, 1.165) is 12.5 Å². The maximum Gasteiger partial charge on any atom is 0.0706 e. The Morgan fingerprint density at radius 1 is 1.26 bits per heavy atom. The van der Waals surface area contributed by atoms with Crippen LogP contribution >= 0.6 is 0 Å². The van der Waals surface area contributed by atoms with Gasteiger partial charge in [-0.2, -0.15) is 0 Å². The molecule has 1 saturated carbocycles. The second-order valence-corrected chi connectivity index (χ2v) is 7.17. The Morgan fingerprint density at radius 2 is 2.05 bits per heavy atom. The summed E-state index contributed by atoms with van der Waals surface area (Å²) in [6.07, 6.45) is 7.53. The zero-order chi connectivity index (χ0) is 13.5. The quantitative estimate of drug-likeness (QED) is 0.845. The number of nitrogens with one attached hydrogen (secondary N) is 1. The first-order valence-corrected chi connectivity index (χ1v) is 8.25. The maximum atomic E-state index is 6.06. The second-order valence-electron chi connectivity index (χ2n) is 7.17. The van der Waals surface area contributed by atoms with Gasteiger partial charge in [0, 0.05) is 31.2 Å². The summed E-state index contributed by atoms with van der Waals surface area (Å²) < 4.78 is 6.06. The number of hydrogen-bond donors (Lipinski definition) is 1. The van der Waals surface area contributed by atoms with Crippen LogP contribution in [0.15, 0.2) is 0 Å². The first-order chi connectivity index (χ1) is 9.11. The van der Waals surface area contributed by atoms with Crippen LogP contribution in [-0.2, 0) is 4.74 Å². The lowest BCUT2D eigenvalue weighted by Gasteiger charge is -2.49. The zero-order valence-corrected chi connectivity index (χ0v) is 12.8. The molecule has 110 valence electrons. The highest BCUT2D eigenvalue weighted by atomic mass is 16.5. The van der Waals surface area contributed by atoms with E-state index in [0.29, 0.717) is 23.8 Å². The third-order valence-corrected chi connectivity index (χ3v) is 5.61. The van der Waals surface area contributed by atoms with Crippen LogP contribution in [0, 0.1) is 5.92 Å². The molecular weight excluding hydrogens is 236 g/mol. The smallest absolute Gasteiger partial charge is 0.0706 e. The molecule has 0 aromatic carbocycles. The number of hydrogen-bond acceptors (Lipinski definition) is 3. The molecule has 4 unspecified atom stereocenters. The molecule has 4 atom stereocenters. The van der Waals surface area contributed by atoms with Crippen molar-refractivity contribution in [2.45, 2.75) is 76.7 Å². The van der Waals surface area contributed by atoms with Gasteiger partial charge in [-0.3, -0.25) is 4.90 Å². The summed E-state index contributed by atoms with van der Waals surface area (Å²) in [5, 5.41) is 3.76. The minimum absolute atomic E-state index is 0.376. The van der Waals surface area contributed by atoms with Gasteiger partial charge in [0.05, 0.1) is 12.2 Å². The summed E-state index contributed by atoms with van der Waals surface area (Å²) in [7, 11) is 0. The molecule has 3 aliphatic rings. The average molecular weight is 266 g/mol. The average Bonchev–Trinajstić information content (AvgIpc) is 3.17. The van der Waals surface area contributed by atoms with Crippen LogP contribution in [-0.4, -0.2) is 48.3 Å². The summed E-state index contributed by atoms with van der Waals surface area (Å²) in [5.41, 5.74) is 0.376. The second kappa shape index (κ2) is 5.34. The molecule has 0 amide bonds. The fourth-order valence-electron chi connectivity index (χ4n) is 3.93. The lowest BCUT2D eigenvalue weighted by atomic mass is 9.88. The van der Waals surface area contributed by atoms with E-state index >= 15 is 0 Å². The first-order valence-electron chi connectivity index (χ1n) is 8.25. The summed E-state index contributed by atoms with van der Waals surface area (Å²) in [6, 6.07) is 0.672. The van der Waals surface area contributed by atoms with Crippen LogP contribution in [0.25, 0.3) is 0 Å². The molecule has 19 heavy (non-hydrogen) atoms. The number of ether oxygens (including phenoxy) is 1. The molecule has 3 heteroatoms. The molecule has 3 rings (SSSR count). The molecule has 0 aromatic heterocycles. The van der Waals surface area contributed by atoms with E-state index in [2.05, 4.69) is 31.0 Å². The fraction of sp³-hybridized carbons (Fsp3) is 1.00. The number of nitrogens with zero attached hydrogens (tertiary/aromatic N) is 1. The predicted octanol–water partition coefficient (Wildman–Crippen LogP) is 2.41. The predicted molar refractivity (Wildman–Crippen MR) is 78.4 cm³/mol. The van der Waals surface area contributed by atoms with Crippen LogP contribution in [0.5, 0.6) is 0 Å². The molecule has 3 nitrogen and oxygen atoms in total. The van der Waals surface area contributed by atoms with E-state index in [9.17, 15) is 0 Å². The Morgan fingerprint density at radius 3 is 2.63 bits per heavy atom. The van der Waals surface area contributed by atoms with Crippen LogP contribution < -0.4 is 5.32 Å². The van der Waals surface area contributed by atoms with Crippen LogP contribution in [0.4, 0.5) is 0 Å². The number of rotatable bonds is 4. The van der Waals surface area contributed by atoms with Crippen molar-refractivity contribution in [3.63, 3.8) is 0 Å². The molecule has 0 bridgehead atoms. The third-order valence-electron chi connectivity index (χ3n) is 5.61. The molecule has 1 aliphatic carbocycles. The van der Waals surface area contributed by atoms with Crippen molar-refractivity contribution in [3.8, 4) is 0 Å². The first kappa shape index (κ1) is 13.8. The monoisotopic (exact) mass is 266 g/mol. The Bertz CT molecular complexity index is 318. The van der Waals surface area contributed by atoms with E-state index in [1.807, 2.05) is 0 Å². The van der Waals surface area contributed by atoms with Crippen LogP contribution in [0.1, 0.15) is 52.9 Å². The Hall–Kier alpha value is -0.120. The van der Waals surface area contributed by atoms with Crippen molar-refractivity contribution in [2.24, 2.45) is 5.92 Å². The third kappa shape index (κ3) is 2.84. The van der Waals surface area contributed by atoms with Crippen molar-refractivity contribution in [3.05, 3.63) is 0 Å². The van der Waals surface area contributed by atoms with E-state index in [-0.39, 0.29) is 0 Å². The molecule has 2 aliphatic heterocycles. The number of piperazine rings is 1. The van der Waals surface area contributed by atoms with E-state index < -0.39 is 0 Å². The SMILES string of the molecule is CCC1CN(CC2CCC(C)O2)C(C)(C2CC2)CN1. The maximum absolute atomic E-state index is 6.06. The van der Waals surface area contributed by atoms with Crippen LogP contribution in [0.3, 0.4) is 0 Å². The lowest BCUT2D eigenvalue weighted by molar-refractivity contribution is -0.0254. The standard InChI is InChI=1S/C16H30N2O/c1-4-14-9-18(10-15-8-5-12(2)19-15)16(3,11-17-14)13-6-7-13/h12-15,17H,4-11H2,1-3H3. The van der Waals surface area contributed by atoms with Gasteiger partial charge in [-0.1, -0.05) is 6.92 Å². The Labute approximate surface area is 118 Å². The summed E-state index contributed by atoms with van der Waals surface area (Å²) >= 11 is 0. The summed E-state index contributed by atoms with van der Waals surface area (Å²) in [5.74, 6) is 0.914. The fourth-order valence-corrected chi connectivity index (χ4v) is 3.93. The zero-order valence-electron chi connectivity index (χ0n) is 12.8. The van der Waals surface area contributed by atoms with Crippen LogP contribution in [0.2, 0.25) is 0 Å². The Balaban J connectivity index is 1.66. The van der Waals surface area contributed by atoms with Gasteiger partial charge in [-0.15, -0.1) is 0 Å². The van der Waals surface area contributed by atoms with Crippen molar-refractivity contribution in [1.29, 1.82) is 0 Å². The molecular formula is C16H30N2O. The van der Waals surface area contributed by atoms with Crippen molar-refractivity contribution in [1.82, 2.24) is 10.2 Å². The molecule has 3 fully saturated rings. The molecule has 1 N–H and O–H groups in total. The highest BCUT2D eigenvalue weighted by Crippen LogP contribution is 2.44. The molecule has 2 saturated heterocycles. The minimum Gasteiger partial charge on any atom is -0.374 e. The Kier molecular flexibility index (Phi) is 3.89. The molecule has 0 aromatic rings. The highest BCUT2D eigenvalue weighted by Gasteiger charge is 2.48. The minimum atomic E-state index is 0.376. The van der Waals surface area contributed by atoms with Crippen molar-refractivity contribution < 1.29 is 4.74 Å². The highest BCUT2D eigenvalue weighted by molar-refractivity contribution is 5.05. The van der Waals surface area contributed by atoms with Crippen molar-refractivity contribution in [2.75, 3.05) is 19.6 Å². The lowest BCUT2D eigenvalue weighted by Crippen LogP contribution is -2.65. The van der Waals surface area contributed by atoms with Gasteiger partial charge in [-0.25, -0.2) is 0 Å². The summed E-state index contributed by atoms with van der Waals surface area (Å²) in [6.45, 7) is 10.5. The molecule has 2 heterocycles. The van der Waals surface area contributed by atoms with E-state index in [1.54, 1.807) is 0 Å². The normalized spacial score (nSPS) is 44.7. The summed E-state index contributed by atoms with van der Waals surface area (Å²) in [4.78, 5) is 2.76. The van der Waals surface area contributed by atoms with Gasteiger partial charge >= 0.3 is 0 Å². The van der Waals surface area contributed by atoms with Gasteiger partial charge in [0.25, 0.3) is 0 Å². The van der Waals surface area contributed by atoms with Gasteiger partial charge in [0.2, 0.25) is 0 Å². The van der Waals surface area contributed by atoms with Gasteiger partial charge in [0.1, 0.15) is 0 Å². The van der Waals surface area contributed by atoms with Gasteiger partial charge < -0.3 is 10.1 Å². The largest absolute Gasteiger partial charge is 0.374 e. The topological polar surface area (TPSA) is 24.5 Å².